The maximum absolute atomic E-state index is 13.3. The fourth-order valence-electron chi connectivity index (χ4n) is 3.88. The van der Waals surface area contributed by atoms with Gasteiger partial charge in [-0.15, -0.1) is 6.58 Å². The third kappa shape index (κ3) is 5.39. The number of hydrogen-bond acceptors (Lipinski definition) is 5. The molecule has 1 aliphatic rings. The zero-order valence-corrected chi connectivity index (χ0v) is 22.9. The van der Waals surface area contributed by atoms with E-state index in [0.29, 0.717) is 33.8 Å². The van der Waals surface area contributed by atoms with Crippen molar-refractivity contribution in [1.29, 1.82) is 0 Å². The van der Waals surface area contributed by atoms with Crippen LogP contribution in [0.4, 0.5) is 0 Å². The molecular weight excluding hydrogens is 544 g/mol. The number of benzene rings is 2. The third-order valence-corrected chi connectivity index (χ3v) is 7.35. The SMILES string of the molecule is C=CCc1cc(/C=C2\SC(=S)N(n3c(C)ccc3C)C2=O)cc(OC)c1OCc1ccc(Br)cc1. The van der Waals surface area contributed by atoms with Gasteiger partial charge in [0.25, 0.3) is 5.91 Å². The second kappa shape index (κ2) is 10.8. The highest BCUT2D eigenvalue weighted by atomic mass is 79.9. The molecule has 4 rings (SSSR count). The molecule has 1 aromatic heterocycles. The number of ether oxygens (including phenoxy) is 2. The van der Waals surface area contributed by atoms with Gasteiger partial charge in [0.15, 0.2) is 15.8 Å². The highest BCUT2D eigenvalue weighted by Crippen LogP contribution is 2.37. The van der Waals surface area contributed by atoms with Crippen LogP contribution in [0.25, 0.3) is 6.08 Å². The molecule has 1 fully saturated rings. The minimum absolute atomic E-state index is 0.151. The van der Waals surface area contributed by atoms with Crippen LogP contribution in [-0.2, 0) is 17.8 Å². The smallest absolute Gasteiger partial charge is 0.285 e. The first-order chi connectivity index (χ1) is 16.8. The first-order valence-corrected chi connectivity index (χ1v) is 13.0. The first kappa shape index (κ1) is 25.3. The molecule has 1 amide bonds. The Bertz CT molecular complexity index is 1310. The summed E-state index contributed by atoms with van der Waals surface area (Å²) in [7, 11) is 1.61. The highest BCUT2D eigenvalue weighted by Gasteiger charge is 2.34. The maximum atomic E-state index is 13.3. The number of nitrogens with zero attached hydrogens (tertiary/aromatic N) is 2. The number of aryl methyl sites for hydroxylation is 2. The Morgan fingerprint density at radius 1 is 1.11 bits per heavy atom. The van der Waals surface area contributed by atoms with Gasteiger partial charge in [-0.1, -0.05) is 45.9 Å². The van der Waals surface area contributed by atoms with Gasteiger partial charge in [0.05, 0.1) is 12.0 Å². The van der Waals surface area contributed by atoms with Crippen LogP contribution in [0.5, 0.6) is 11.5 Å². The van der Waals surface area contributed by atoms with Crippen LogP contribution in [0.2, 0.25) is 0 Å². The minimum atomic E-state index is -0.151. The Hall–Kier alpha value is -2.81. The summed E-state index contributed by atoms with van der Waals surface area (Å²) in [6.45, 7) is 8.20. The zero-order chi connectivity index (χ0) is 25.1. The van der Waals surface area contributed by atoms with Crippen molar-refractivity contribution in [1.82, 2.24) is 4.68 Å². The first-order valence-electron chi connectivity index (χ1n) is 10.9. The fourth-order valence-corrected chi connectivity index (χ4v) is 5.39. The van der Waals surface area contributed by atoms with Crippen molar-refractivity contribution in [2.24, 2.45) is 0 Å². The molecule has 0 saturated carbocycles. The van der Waals surface area contributed by atoms with Gasteiger partial charge < -0.3 is 9.47 Å². The van der Waals surface area contributed by atoms with E-state index in [4.69, 9.17) is 21.7 Å². The van der Waals surface area contributed by atoms with Crippen molar-refractivity contribution in [2.75, 3.05) is 12.1 Å². The normalized spacial score (nSPS) is 14.6. The van der Waals surface area contributed by atoms with E-state index in [-0.39, 0.29) is 5.91 Å². The Kier molecular flexibility index (Phi) is 7.84. The van der Waals surface area contributed by atoms with E-state index in [1.807, 2.05) is 79.2 Å². The largest absolute Gasteiger partial charge is 0.493 e. The molecule has 0 unspecified atom stereocenters. The van der Waals surface area contributed by atoms with E-state index in [0.717, 1.165) is 32.6 Å². The number of methoxy groups -OCH3 is 1. The van der Waals surface area contributed by atoms with Crippen LogP contribution >= 0.6 is 39.9 Å². The summed E-state index contributed by atoms with van der Waals surface area (Å²) >= 11 is 10.3. The average molecular weight is 570 g/mol. The van der Waals surface area contributed by atoms with Crippen LogP contribution in [0.1, 0.15) is 28.1 Å². The Morgan fingerprint density at radius 2 is 1.80 bits per heavy atom. The number of rotatable bonds is 8. The average Bonchev–Trinajstić information content (AvgIpc) is 3.30. The summed E-state index contributed by atoms with van der Waals surface area (Å²) in [6.07, 6.45) is 4.26. The molecule has 0 radical (unpaired) electrons. The van der Waals surface area contributed by atoms with Gasteiger partial charge in [-0.05, 0) is 86.1 Å². The molecule has 3 aromatic rings. The number of aromatic nitrogens is 1. The molecule has 0 bridgehead atoms. The van der Waals surface area contributed by atoms with E-state index in [1.165, 1.54) is 11.8 Å². The zero-order valence-electron chi connectivity index (χ0n) is 19.7. The predicted octanol–water partition coefficient (Wildman–Crippen LogP) is 6.72. The maximum Gasteiger partial charge on any atom is 0.285 e. The van der Waals surface area contributed by atoms with Crippen LogP contribution in [0.15, 0.2) is 70.6 Å². The van der Waals surface area contributed by atoms with E-state index in [9.17, 15) is 4.79 Å². The summed E-state index contributed by atoms with van der Waals surface area (Å²) in [6, 6.07) is 15.8. The van der Waals surface area contributed by atoms with E-state index >= 15 is 0 Å². The van der Waals surface area contributed by atoms with E-state index in [1.54, 1.807) is 12.1 Å². The van der Waals surface area contributed by atoms with Crippen molar-refractivity contribution >= 4 is 56.2 Å². The number of thiocarbonyl (C=S) groups is 1. The van der Waals surface area contributed by atoms with Gasteiger partial charge in [0, 0.05) is 21.4 Å². The summed E-state index contributed by atoms with van der Waals surface area (Å²) in [4.78, 5) is 13.8. The van der Waals surface area contributed by atoms with E-state index < -0.39 is 0 Å². The molecular formula is C27H25BrN2O3S2. The summed E-state index contributed by atoms with van der Waals surface area (Å²) < 4.78 is 15.2. The monoisotopic (exact) mass is 568 g/mol. The number of allylic oxidation sites excluding steroid dienone is 1. The summed E-state index contributed by atoms with van der Waals surface area (Å²) in [5.41, 5.74) is 4.69. The summed E-state index contributed by atoms with van der Waals surface area (Å²) in [5, 5.41) is 1.55. The van der Waals surface area contributed by atoms with Crippen LogP contribution < -0.4 is 14.5 Å². The predicted molar refractivity (Wildman–Crippen MR) is 151 cm³/mol. The lowest BCUT2D eigenvalue weighted by Gasteiger charge is -2.20. The van der Waals surface area contributed by atoms with Crippen LogP contribution in [-0.4, -0.2) is 22.0 Å². The lowest BCUT2D eigenvalue weighted by Crippen LogP contribution is -2.39. The van der Waals surface area contributed by atoms with Gasteiger partial charge >= 0.3 is 0 Å². The topological polar surface area (TPSA) is 43.7 Å². The molecule has 2 aromatic carbocycles. The quantitative estimate of drug-likeness (QED) is 0.171. The number of carbonyl (C=O) groups is 1. The minimum Gasteiger partial charge on any atom is -0.493 e. The lowest BCUT2D eigenvalue weighted by atomic mass is 10.0. The highest BCUT2D eigenvalue weighted by molar-refractivity contribution is 9.10. The van der Waals surface area contributed by atoms with Gasteiger partial charge in [-0.3, -0.25) is 9.47 Å². The Morgan fingerprint density at radius 3 is 2.43 bits per heavy atom. The molecule has 0 spiro atoms. The molecule has 1 aliphatic heterocycles. The van der Waals surface area contributed by atoms with Gasteiger partial charge in [-0.25, -0.2) is 0 Å². The van der Waals surface area contributed by atoms with Crippen molar-refractivity contribution in [3.63, 3.8) is 0 Å². The van der Waals surface area contributed by atoms with Gasteiger partial charge in [0.1, 0.15) is 6.61 Å². The standard InChI is InChI=1S/C27H25BrN2O3S2/c1-5-6-21-13-20(14-23(32-4)25(21)33-16-19-9-11-22(28)12-10-19)15-24-26(31)30(27(34)35-24)29-17(2)7-8-18(29)3/h5,7-15H,1,6,16H2,2-4H3/b24-15-. The fraction of sp³-hybridized carbons (Fsp3) is 0.185. The second-order valence-electron chi connectivity index (χ2n) is 8.04. The number of thioether (sulfide) groups is 1. The second-order valence-corrected chi connectivity index (χ2v) is 10.6. The molecule has 1 saturated heterocycles. The van der Waals surface area contributed by atoms with Crippen molar-refractivity contribution in [3.05, 3.63) is 98.6 Å². The molecule has 0 atom stereocenters. The number of carbonyl (C=O) groups excluding carboxylic acids is 1. The number of amides is 1. The van der Waals surface area contributed by atoms with Gasteiger partial charge in [-0.2, -0.15) is 5.01 Å². The molecule has 180 valence electrons. The van der Waals surface area contributed by atoms with Crippen molar-refractivity contribution < 1.29 is 14.3 Å². The van der Waals surface area contributed by atoms with E-state index in [2.05, 4.69) is 22.5 Å². The third-order valence-electron chi connectivity index (χ3n) is 5.54. The molecule has 8 heteroatoms. The van der Waals surface area contributed by atoms with Crippen LogP contribution in [0.3, 0.4) is 0 Å². The number of hydrogen-bond donors (Lipinski definition) is 0. The number of halogens is 1. The Balaban J connectivity index is 1.65. The molecule has 0 N–H and O–H groups in total. The molecule has 5 nitrogen and oxygen atoms in total. The summed E-state index contributed by atoms with van der Waals surface area (Å²) in [5.74, 6) is 1.11. The van der Waals surface area contributed by atoms with Crippen LogP contribution in [0, 0.1) is 13.8 Å². The van der Waals surface area contributed by atoms with Gasteiger partial charge in [0.2, 0.25) is 0 Å². The lowest BCUT2D eigenvalue weighted by molar-refractivity contribution is -0.114. The van der Waals surface area contributed by atoms with Crippen molar-refractivity contribution in [3.8, 4) is 11.5 Å². The van der Waals surface area contributed by atoms with Crippen molar-refractivity contribution in [2.45, 2.75) is 26.9 Å². The molecule has 35 heavy (non-hydrogen) atoms. The molecule has 0 aliphatic carbocycles. The molecule has 2 heterocycles. The Labute approximate surface area is 223 Å².